The Morgan fingerprint density at radius 1 is 1.56 bits per heavy atom. The maximum atomic E-state index is 5.76. The predicted molar refractivity (Wildman–Crippen MR) is 71.9 cm³/mol. The Balaban J connectivity index is 2.64. The summed E-state index contributed by atoms with van der Waals surface area (Å²) in [5.74, 6) is 0.688. The van der Waals surface area contributed by atoms with E-state index in [0.717, 1.165) is 19.6 Å². The molecule has 0 saturated carbocycles. The van der Waals surface area contributed by atoms with E-state index in [4.69, 9.17) is 11.6 Å². The summed E-state index contributed by atoms with van der Waals surface area (Å²) in [6.07, 6.45) is 1.20. The highest BCUT2D eigenvalue weighted by Gasteiger charge is 2.28. The lowest BCUT2D eigenvalue weighted by Gasteiger charge is -2.42. The molecule has 0 spiro atoms. The third kappa shape index (κ3) is 3.76. The van der Waals surface area contributed by atoms with Crippen LogP contribution in [-0.2, 0) is 0 Å². The topological polar surface area (TPSA) is 15.3 Å². The minimum Gasteiger partial charge on any atom is -0.311 e. The zero-order chi connectivity index (χ0) is 12.1. The smallest absolute Gasteiger partial charge is 0.0247 e. The van der Waals surface area contributed by atoms with E-state index in [-0.39, 0.29) is 0 Å². The average Bonchev–Trinajstić information content (AvgIpc) is 2.28. The highest BCUT2D eigenvalue weighted by Crippen LogP contribution is 2.17. The molecule has 94 valence electrons. The minimum absolute atomic E-state index is 0.634. The molecule has 2 unspecified atom stereocenters. The van der Waals surface area contributed by atoms with E-state index < -0.39 is 0 Å². The first kappa shape index (κ1) is 14.0. The van der Waals surface area contributed by atoms with Crippen molar-refractivity contribution >= 4 is 11.6 Å². The first-order valence-corrected chi connectivity index (χ1v) is 6.75. The summed E-state index contributed by atoms with van der Waals surface area (Å²) in [5, 5.41) is 3.63. The van der Waals surface area contributed by atoms with Crippen LogP contribution in [0.5, 0.6) is 0 Å². The molecule has 1 fully saturated rings. The average molecular weight is 245 g/mol. The highest BCUT2D eigenvalue weighted by atomic mass is 35.5. The van der Waals surface area contributed by atoms with Gasteiger partial charge in [-0.1, -0.05) is 32.4 Å². The Bertz CT molecular complexity index is 238. The van der Waals surface area contributed by atoms with Gasteiger partial charge >= 0.3 is 0 Å². The molecular weight excluding hydrogens is 220 g/mol. The first-order valence-electron chi connectivity index (χ1n) is 6.31. The number of hydrogen-bond donors (Lipinski definition) is 1. The van der Waals surface area contributed by atoms with Gasteiger partial charge in [-0.25, -0.2) is 0 Å². The van der Waals surface area contributed by atoms with Gasteiger partial charge in [-0.15, -0.1) is 0 Å². The lowest BCUT2D eigenvalue weighted by atomic mass is 9.97. The summed E-state index contributed by atoms with van der Waals surface area (Å²) in [7, 11) is 0. The van der Waals surface area contributed by atoms with Crippen molar-refractivity contribution < 1.29 is 0 Å². The van der Waals surface area contributed by atoms with Crippen molar-refractivity contribution in [1.82, 2.24) is 10.2 Å². The highest BCUT2D eigenvalue weighted by molar-refractivity contribution is 6.25. The number of nitrogens with one attached hydrogen (secondary N) is 1. The van der Waals surface area contributed by atoms with Gasteiger partial charge in [0, 0.05) is 37.3 Å². The summed E-state index contributed by atoms with van der Waals surface area (Å²) in [6.45, 7) is 12.2. The first-order chi connectivity index (χ1) is 7.58. The van der Waals surface area contributed by atoms with E-state index >= 15 is 0 Å². The second-order valence-electron chi connectivity index (χ2n) is 5.21. The summed E-state index contributed by atoms with van der Waals surface area (Å²) in [4.78, 5) is 2.57. The van der Waals surface area contributed by atoms with E-state index in [2.05, 4.69) is 37.9 Å². The fraction of sp³-hybridized carbons (Fsp3) is 0.846. The Kier molecular flexibility index (Phi) is 5.81. The Hall–Kier alpha value is -0.0500. The van der Waals surface area contributed by atoms with E-state index in [1.165, 1.54) is 12.0 Å². The van der Waals surface area contributed by atoms with Crippen LogP contribution in [0.15, 0.2) is 11.1 Å². The molecule has 0 aromatic rings. The zero-order valence-corrected chi connectivity index (χ0v) is 11.7. The standard InChI is InChI=1S/C13H25ClN2/c1-5-12-9-16(8-11(4)6-14)13(7-15-12)10(2)3/h6,10,12-13,15H,5,7-9H2,1-4H3. The van der Waals surface area contributed by atoms with Gasteiger partial charge in [0.1, 0.15) is 0 Å². The van der Waals surface area contributed by atoms with E-state index in [1.807, 2.05) is 0 Å². The molecule has 0 bridgehead atoms. The van der Waals surface area contributed by atoms with E-state index in [1.54, 1.807) is 5.54 Å². The molecule has 1 aliphatic rings. The Morgan fingerprint density at radius 3 is 2.75 bits per heavy atom. The van der Waals surface area contributed by atoms with Gasteiger partial charge in [-0.05, 0) is 24.8 Å². The van der Waals surface area contributed by atoms with Crippen LogP contribution in [0.1, 0.15) is 34.1 Å². The van der Waals surface area contributed by atoms with Crippen molar-refractivity contribution in [3.05, 3.63) is 11.1 Å². The van der Waals surface area contributed by atoms with Gasteiger partial charge in [-0.2, -0.15) is 0 Å². The molecule has 2 atom stereocenters. The van der Waals surface area contributed by atoms with Crippen LogP contribution in [0.3, 0.4) is 0 Å². The molecule has 0 aliphatic carbocycles. The maximum Gasteiger partial charge on any atom is 0.0247 e. The Labute approximate surface area is 105 Å². The van der Waals surface area contributed by atoms with Gasteiger partial charge in [0.2, 0.25) is 0 Å². The van der Waals surface area contributed by atoms with Crippen LogP contribution in [0.4, 0.5) is 0 Å². The van der Waals surface area contributed by atoms with Crippen LogP contribution in [-0.4, -0.2) is 36.6 Å². The van der Waals surface area contributed by atoms with Crippen LogP contribution < -0.4 is 5.32 Å². The third-order valence-corrected chi connectivity index (χ3v) is 3.81. The molecule has 1 aliphatic heterocycles. The van der Waals surface area contributed by atoms with Gasteiger partial charge in [0.25, 0.3) is 0 Å². The fourth-order valence-corrected chi connectivity index (χ4v) is 2.44. The van der Waals surface area contributed by atoms with Gasteiger partial charge in [0.15, 0.2) is 0 Å². The van der Waals surface area contributed by atoms with E-state index in [0.29, 0.717) is 18.0 Å². The molecule has 1 N–H and O–H groups in total. The fourth-order valence-electron chi connectivity index (χ4n) is 2.37. The summed E-state index contributed by atoms with van der Waals surface area (Å²) in [5.41, 5.74) is 2.96. The van der Waals surface area contributed by atoms with Crippen LogP contribution in [0, 0.1) is 5.92 Å². The van der Waals surface area contributed by atoms with Gasteiger partial charge < -0.3 is 5.32 Å². The monoisotopic (exact) mass is 244 g/mol. The lowest BCUT2D eigenvalue weighted by molar-refractivity contribution is 0.107. The molecule has 0 radical (unpaired) electrons. The van der Waals surface area contributed by atoms with Crippen molar-refractivity contribution in [3.8, 4) is 0 Å². The van der Waals surface area contributed by atoms with E-state index in [9.17, 15) is 0 Å². The molecule has 16 heavy (non-hydrogen) atoms. The van der Waals surface area contributed by atoms with Crippen LogP contribution in [0.2, 0.25) is 0 Å². The molecule has 0 aromatic heterocycles. The molecular formula is C13H25ClN2. The second-order valence-corrected chi connectivity index (χ2v) is 5.43. The summed E-state index contributed by atoms with van der Waals surface area (Å²) in [6, 6.07) is 1.27. The molecule has 1 saturated heterocycles. The lowest BCUT2D eigenvalue weighted by Crippen LogP contribution is -2.58. The van der Waals surface area contributed by atoms with Crippen LogP contribution >= 0.6 is 11.6 Å². The van der Waals surface area contributed by atoms with Gasteiger partial charge in [-0.3, -0.25) is 4.90 Å². The van der Waals surface area contributed by atoms with Gasteiger partial charge in [0.05, 0.1) is 0 Å². The molecule has 1 rings (SSSR count). The summed E-state index contributed by atoms with van der Waals surface area (Å²) >= 11 is 5.76. The largest absolute Gasteiger partial charge is 0.311 e. The number of piperazine rings is 1. The number of halogens is 1. The molecule has 1 heterocycles. The Morgan fingerprint density at radius 2 is 2.25 bits per heavy atom. The maximum absolute atomic E-state index is 5.76. The molecule has 0 aromatic carbocycles. The van der Waals surface area contributed by atoms with Crippen molar-refractivity contribution in [2.45, 2.75) is 46.2 Å². The zero-order valence-electron chi connectivity index (χ0n) is 11.0. The predicted octanol–water partition coefficient (Wildman–Crippen LogP) is 2.84. The van der Waals surface area contributed by atoms with Crippen molar-refractivity contribution in [1.29, 1.82) is 0 Å². The second kappa shape index (κ2) is 6.63. The minimum atomic E-state index is 0.634. The molecule has 0 amide bonds. The molecule has 3 heteroatoms. The molecule has 2 nitrogen and oxygen atoms in total. The summed E-state index contributed by atoms with van der Waals surface area (Å²) < 4.78 is 0. The number of nitrogens with zero attached hydrogens (tertiary/aromatic N) is 1. The number of hydrogen-bond acceptors (Lipinski definition) is 2. The van der Waals surface area contributed by atoms with Crippen molar-refractivity contribution in [2.24, 2.45) is 5.92 Å². The third-order valence-electron chi connectivity index (χ3n) is 3.44. The normalized spacial score (nSPS) is 28.8. The number of rotatable bonds is 4. The SMILES string of the molecule is CCC1CN(CC(C)=CCl)C(C(C)C)CN1. The quantitative estimate of drug-likeness (QED) is 0.818. The van der Waals surface area contributed by atoms with Crippen molar-refractivity contribution in [2.75, 3.05) is 19.6 Å². The van der Waals surface area contributed by atoms with Crippen LogP contribution in [0.25, 0.3) is 0 Å². The van der Waals surface area contributed by atoms with Crippen molar-refractivity contribution in [3.63, 3.8) is 0 Å².